The molecule has 2 heterocycles. The Morgan fingerprint density at radius 3 is 2.70 bits per heavy atom. The highest BCUT2D eigenvalue weighted by molar-refractivity contribution is 5.94. The van der Waals surface area contributed by atoms with Crippen LogP contribution in [0.2, 0.25) is 0 Å². The Morgan fingerprint density at radius 1 is 1.26 bits per heavy atom. The van der Waals surface area contributed by atoms with Crippen molar-refractivity contribution in [3.63, 3.8) is 0 Å². The standard InChI is InChI=1S/C22H28N2O3/c1-4-5-12-24-19-11-13-27-15-16(19)14-18(21(24)26)20(25)23-22(2,3)17-9-7-6-8-10-17/h6-10,14H,4-5,11-13,15H2,1-3H3,(H,23,25). The molecule has 0 unspecified atom stereocenters. The summed E-state index contributed by atoms with van der Waals surface area (Å²) in [7, 11) is 0. The van der Waals surface area contributed by atoms with Gasteiger partial charge in [-0.2, -0.15) is 0 Å². The second-order valence-corrected chi connectivity index (χ2v) is 7.59. The van der Waals surface area contributed by atoms with Gasteiger partial charge in [0.1, 0.15) is 5.56 Å². The Kier molecular flexibility index (Phi) is 5.80. The minimum atomic E-state index is -0.578. The minimum absolute atomic E-state index is 0.194. The molecule has 144 valence electrons. The summed E-state index contributed by atoms with van der Waals surface area (Å²) in [5.74, 6) is -0.340. The van der Waals surface area contributed by atoms with Crippen molar-refractivity contribution in [2.24, 2.45) is 0 Å². The van der Waals surface area contributed by atoms with E-state index in [1.807, 2.05) is 44.2 Å². The van der Waals surface area contributed by atoms with E-state index < -0.39 is 5.54 Å². The number of carbonyl (C=O) groups excluding carboxylic acids is 1. The van der Waals surface area contributed by atoms with Gasteiger partial charge in [-0.1, -0.05) is 43.7 Å². The molecule has 0 saturated carbocycles. The Labute approximate surface area is 160 Å². The predicted octanol–water partition coefficient (Wildman–Crippen LogP) is 3.39. The van der Waals surface area contributed by atoms with Crippen LogP contribution in [-0.4, -0.2) is 17.1 Å². The average molecular weight is 368 g/mol. The molecule has 1 aromatic heterocycles. The number of hydrogen-bond acceptors (Lipinski definition) is 3. The van der Waals surface area contributed by atoms with E-state index in [1.165, 1.54) is 0 Å². The predicted molar refractivity (Wildman–Crippen MR) is 106 cm³/mol. The lowest BCUT2D eigenvalue weighted by Gasteiger charge is -2.28. The van der Waals surface area contributed by atoms with Crippen molar-refractivity contribution < 1.29 is 9.53 Å². The number of ether oxygens (including phenoxy) is 1. The van der Waals surface area contributed by atoms with E-state index in [9.17, 15) is 9.59 Å². The third kappa shape index (κ3) is 4.14. The summed E-state index contributed by atoms with van der Waals surface area (Å²) in [4.78, 5) is 26.1. The highest BCUT2D eigenvalue weighted by Crippen LogP contribution is 2.21. The maximum absolute atomic E-state index is 13.1. The third-order valence-electron chi connectivity index (χ3n) is 5.13. The van der Waals surface area contributed by atoms with Gasteiger partial charge in [0.2, 0.25) is 0 Å². The van der Waals surface area contributed by atoms with Gasteiger partial charge in [0.15, 0.2) is 0 Å². The molecule has 1 aliphatic heterocycles. The zero-order chi connectivity index (χ0) is 19.4. The van der Waals surface area contributed by atoms with Crippen LogP contribution in [0.25, 0.3) is 0 Å². The van der Waals surface area contributed by atoms with Gasteiger partial charge in [-0.15, -0.1) is 0 Å². The van der Waals surface area contributed by atoms with E-state index in [0.717, 1.165) is 29.7 Å². The number of benzene rings is 1. The zero-order valence-corrected chi connectivity index (χ0v) is 16.4. The van der Waals surface area contributed by atoms with E-state index in [-0.39, 0.29) is 17.0 Å². The van der Waals surface area contributed by atoms with Crippen molar-refractivity contribution in [3.05, 3.63) is 69.1 Å². The van der Waals surface area contributed by atoms with E-state index >= 15 is 0 Å². The maximum Gasteiger partial charge on any atom is 0.263 e. The smallest absolute Gasteiger partial charge is 0.263 e. The molecule has 0 spiro atoms. The molecular formula is C22H28N2O3. The van der Waals surface area contributed by atoms with Crippen LogP contribution in [0.15, 0.2) is 41.2 Å². The number of rotatable bonds is 6. The fourth-order valence-electron chi connectivity index (χ4n) is 3.53. The first kappa shape index (κ1) is 19.4. The fraction of sp³-hybridized carbons (Fsp3) is 0.455. The Balaban J connectivity index is 1.96. The molecule has 0 aliphatic carbocycles. The van der Waals surface area contributed by atoms with Crippen molar-refractivity contribution >= 4 is 5.91 Å². The average Bonchev–Trinajstić information content (AvgIpc) is 2.67. The SMILES string of the molecule is CCCCn1c2c(cc(C(=O)NC(C)(C)c3ccccc3)c1=O)COCC2. The molecule has 2 aromatic rings. The van der Waals surface area contributed by atoms with Crippen molar-refractivity contribution in [3.8, 4) is 0 Å². The summed E-state index contributed by atoms with van der Waals surface area (Å²) < 4.78 is 7.34. The number of hydrogen-bond donors (Lipinski definition) is 1. The van der Waals surface area contributed by atoms with E-state index in [2.05, 4.69) is 12.2 Å². The van der Waals surface area contributed by atoms with Crippen molar-refractivity contribution in [1.82, 2.24) is 9.88 Å². The van der Waals surface area contributed by atoms with Gasteiger partial charge >= 0.3 is 0 Å². The molecule has 1 N–H and O–H groups in total. The van der Waals surface area contributed by atoms with E-state index in [0.29, 0.717) is 26.2 Å². The first-order valence-electron chi connectivity index (χ1n) is 9.65. The molecule has 27 heavy (non-hydrogen) atoms. The van der Waals surface area contributed by atoms with Crippen molar-refractivity contribution in [1.29, 1.82) is 0 Å². The monoisotopic (exact) mass is 368 g/mol. The largest absolute Gasteiger partial charge is 0.376 e. The molecule has 0 bridgehead atoms. The van der Waals surface area contributed by atoms with Crippen LogP contribution in [0.4, 0.5) is 0 Å². The second kappa shape index (κ2) is 8.09. The lowest BCUT2D eigenvalue weighted by molar-refractivity contribution is 0.0905. The summed E-state index contributed by atoms with van der Waals surface area (Å²) in [5.41, 5.74) is 2.36. The van der Waals surface area contributed by atoms with Crippen LogP contribution in [-0.2, 0) is 29.8 Å². The van der Waals surface area contributed by atoms with Crippen LogP contribution in [0.1, 0.15) is 60.8 Å². The van der Waals surface area contributed by atoms with Crippen LogP contribution < -0.4 is 10.9 Å². The first-order chi connectivity index (χ1) is 12.9. The van der Waals surface area contributed by atoms with Gasteiger partial charge < -0.3 is 14.6 Å². The maximum atomic E-state index is 13.1. The van der Waals surface area contributed by atoms with Gasteiger partial charge in [0.05, 0.1) is 18.8 Å². The first-order valence-corrected chi connectivity index (χ1v) is 9.65. The van der Waals surface area contributed by atoms with Gasteiger partial charge in [-0.3, -0.25) is 9.59 Å². The van der Waals surface area contributed by atoms with E-state index in [4.69, 9.17) is 4.74 Å². The van der Waals surface area contributed by atoms with Crippen molar-refractivity contribution in [2.45, 2.75) is 58.7 Å². The molecule has 0 radical (unpaired) electrons. The van der Waals surface area contributed by atoms with Crippen LogP contribution >= 0.6 is 0 Å². The molecule has 1 aromatic carbocycles. The summed E-state index contributed by atoms with van der Waals surface area (Å²) in [6.07, 6.45) is 2.62. The molecular weight excluding hydrogens is 340 g/mol. The lowest BCUT2D eigenvalue weighted by atomic mass is 9.94. The van der Waals surface area contributed by atoms with Gasteiger partial charge in [-0.05, 0) is 37.5 Å². The quantitative estimate of drug-likeness (QED) is 0.850. The highest BCUT2D eigenvalue weighted by Gasteiger charge is 2.27. The molecule has 5 heteroatoms. The number of nitrogens with one attached hydrogen (secondary N) is 1. The number of fused-ring (bicyclic) bond motifs is 1. The molecule has 1 aliphatic rings. The number of carbonyl (C=O) groups is 1. The topological polar surface area (TPSA) is 60.3 Å². The van der Waals surface area contributed by atoms with Gasteiger partial charge in [-0.25, -0.2) is 0 Å². The normalized spacial score (nSPS) is 13.9. The number of unbranched alkanes of at least 4 members (excludes halogenated alkanes) is 1. The summed E-state index contributed by atoms with van der Waals surface area (Å²) >= 11 is 0. The number of aromatic nitrogens is 1. The lowest BCUT2D eigenvalue weighted by Crippen LogP contribution is -2.44. The second-order valence-electron chi connectivity index (χ2n) is 7.59. The van der Waals surface area contributed by atoms with Crippen LogP contribution in [0.3, 0.4) is 0 Å². The Hall–Kier alpha value is -2.40. The molecule has 0 fully saturated rings. The van der Waals surface area contributed by atoms with Gasteiger partial charge in [0.25, 0.3) is 11.5 Å². The number of pyridine rings is 1. The Bertz CT molecular complexity index is 869. The number of nitrogens with zero attached hydrogens (tertiary/aromatic N) is 1. The van der Waals surface area contributed by atoms with E-state index in [1.54, 1.807) is 10.6 Å². The zero-order valence-electron chi connectivity index (χ0n) is 16.4. The van der Waals surface area contributed by atoms with Gasteiger partial charge in [0, 0.05) is 18.7 Å². The van der Waals surface area contributed by atoms with Crippen molar-refractivity contribution in [2.75, 3.05) is 6.61 Å². The summed E-state index contributed by atoms with van der Waals surface area (Å²) in [6, 6.07) is 11.5. The molecule has 1 amide bonds. The summed E-state index contributed by atoms with van der Waals surface area (Å²) in [6.45, 7) is 7.68. The van der Waals surface area contributed by atoms with Crippen LogP contribution in [0.5, 0.6) is 0 Å². The third-order valence-corrected chi connectivity index (χ3v) is 5.13. The Morgan fingerprint density at radius 2 is 2.00 bits per heavy atom. The summed E-state index contributed by atoms with van der Waals surface area (Å²) in [5, 5.41) is 3.03. The minimum Gasteiger partial charge on any atom is -0.376 e. The molecule has 5 nitrogen and oxygen atoms in total. The van der Waals surface area contributed by atoms with Crippen LogP contribution in [0, 0.1) is 0 Å². The fourth-order valence-corrected chi connectivity index (χ4v) is 3.53. The number of amides is 1. The molecule has 0 saturated heterocycles. The highest BCUT2D eigenvalue weighted by atomic mass is 16.5. The molecule has 3 rings (SSSR count). The molecule has 0 atom stereocenters.